The Labute approximate surface area is 114 Å². The fourth-order valence-corrected chi connectivity index (χ4v) is 1.81. The monoisotopic (exact) mass is 352 g/mol. The van der Waals surface area contributed by atoms with Crippen LogP contribution in [0.25, 0.3) is 0 Å². The largest absolute Gasteiger partial charge is 0.351 e. The first-order valence-electron chi connectivity index (χ1n) is 5.54. The maximum atomic E-state index is 11.9. The average Bonchev–Trinajstić information content (AvgIpc) is 2.30. The topological polar surface area (TPSA) is 53.4 Å². The van der Waals surface area contributed by atoms with Crippen LogP contribution in [0.5, 0.6) is 0 Å². The van der Waals surface area contributed by atoms with Crippen LogP contribution < -0.4 is 5.56 Å². The molecule has 0 bridgehead atoms. The van der Waals surface area contributed by atoms with Crippen molar-refractivity contribution in [2.24, 2.45) is 0 Å². The Morgan fingerprint density at radius 1 is 1.41 bits per heavy atom. The van der Waals surface area contributed by atoms with Crippen LogP contribution in [0.2, 0.25) is 0 Å². The molecule has 96 valence electrons. The molecule has 0 unspecified atom stereocenters. The summed E-state index contributed by atoms with van der Waals surface area (Å²) in [4.78, 5) is 16.1. The van der Waals surface area contributed by atoms with Crippen LogP contribution in [0.4, 0.5) is 0 Å². The molecule has 6 heteroatoms. The second-order valence-electron chi connectivity index (χ2n) is 3.44. The van der Waals surface area contributed by atoms with Crippen LogP contribution in [0.1, 0.15) is 19.5 Å². The van der Waals surface area contributed by atoms with Gasteiger partial charge in [-0.1, -0.05) is 0 Å². The lowest BCUT2D eigenvalue weighted by Gasteiger charge is -2.18. The smallest absolute Gasteiger partial charge is 0.267 e. The summed E-state index contributed by atoms with van der Waals surface area (Å²) in [7, 11) is 0. The lowest BCUT2D eigenvalue weighted by atomic mass is 10.4. The molecule has 0 saturated carbocycles. The first-order chi connectivity index (χ1) is 8.10. The fraction of sp³-hybridized carbons (Fsp3) is 0.636. The van der Waals surface area contributed by atoms with Crippen molar-refractivity contribution in [1.82, 2.24) is 9.55 Å². The summed E-state index contributed by atoms with van der Waals surface area (Å²) < 4.78 is 13.0. The van der Waals surface area contributed by atoms with Crippen LogP contribution >= 0.6 is 22.6 Å². The van der Waals surface area contributed by atoms with Crippen molar-refractivity contribution in [2.75, 3.05) is 13.2 Å². The zero-order chi connectivity index (χ0) is 12.8. The summed E-state index contributed by atoms with van der Waals surface area (Å²) in [6.45, 7) is 7.07. The summed E-state index contributed by atoms with van der Waals surface area (Å²) >= 11 is 2.01. The van der Waals surface area contributed by atoms with Gasteiger partial charge in [-0.15, -0.1) is 0 Å². The zero-order valence-corrected chi connectivity index (χ0v) is 12.4. The number of nitrogens with zero attached hydrogens (tertiary/aromatic N) is 2. The van der Waals surface area contributed by atoms with Gasteiger partial charge in [0, 0.05) is 13.2 Å². The molecule has 17 heavy (non-hydrogen) atoms. The van der Waals surface area contributed by atoms with Crippen molar-refractivity contribution in [2.45, 2.75) is 33.6 Å². The molecule has 1 aromatic rings. The van der Waals surface area contributed by atoms with Crippen molar-refractivity contribution in [3.8, 4) is 0 Å². The standard InChI is InChI=1S/C11H17IN2O3/c1-4-16-9(17-5-2)6-14-7-13-8(3)10(12)11(14)15/h7,9H,4-6H2,1-3H3. The molecule has 0 atom stereocenters. The third kappa shape index (κ3) is 4.04. The number of hydrogen-bond donors (Lipinski definition) is 0. The van der Waals surface area contributed by atoms with Crippen LogP contribution in [-0.4, -0.2) is 29.1 Å². The van der Waals surface area contributed by atoms with E-state index in [2.05, 4.69) is 4.98 Å². The Balaban J connectivity index is 2.86. The number of aromatic nitrogens is 2. The average molecular weight is 352 g/mol. The van der Waals surface area contributed by atoms with E-state index >= 15 is 0 Å². The van der Waals surface area contributed by atoms with Gasteiger partial charge < -0.3 is 9.47 Å². The summed E-state index contributed by atoms with van der Waals surface area (Å²) in [5, 5.41) is 0. The van der Waals surface area contributed by atoms with E-state index < -0.39 is 6.29 Å². The second-order valence-corrected chi connectivity index (χ2v) is 4.52. The zero-order valence-electron chi connectivity index (χ0n) is 10.3. The van der Waals surface area contributed by atoms with E-state index in [-0.39, 0.29) is 5.56 Å². The molecule has 0 aliphatic rings. The van der Waals surface area contributed by atoms with Gasteiger partial charge in [0.25, 0.3) is 5.56 Å². The van der Waals surface area contributed by atoms with E-state index in [0.717, 1.165) is 5.69 Å². The molecule has 0 saturated heterocycles. The van der Waals surface area contributed by atoms with E-state index in [4.69, 9.17) is 9.47 Å². The van der Waals surface area contributed by atoms with E-state index in [1.165, 1.54) is 10.9 Å². The molecule has 1 heterocycles. The predicted octanol–water partition coefficient (Wildman–Crippen LogP) is 1.56. The minimum absolute atomic E-state index is 0.0532. The normalized spacial score (nSPS) is 11.1. The second kappa shape index (κ2) is 7.07. The molecule has 0 amide bonds. The summed E-state index contributed by atoms with van der Waals surface area (Å²) in [6, 6.07) is 0. The van der Waals surface area contributed by atoms with E-state index in [1.807, 2.05) is 43.4 Å². The Morgan fingerprint density at radius 3 is 2.53 bits per heavy atom. The number of ether oxygens (including phenoxy) is 2. The SMILES string of the molecule is CCOC(Cn1cnc(C)c(I)c1=O)OCC. The van der Waals surface area contributed by atoms with Crippen LogP contribution in [0.3, 0.4) is 0 Å². The molecular formula is C11H17IN2O3. The lowest BCUT2D eigenvalue weighted by Crippen LogP contribution is -2.32. The third-order valence-electron chi connectivity index (χ3n) is 2.21. The van der Waals surface area contributed by atoms with Crippen molar-refractivity contribution < 1.29 is 9.47 Å². The Hall–Kier alpha value is -0.470. The molecule has 0 radical (unpaired) electrons. The Kier molecular flexibility index (Phi) is 6.07. The van der Waals surface area contributed by atoms with Crippen LogP contribution in [0.15, 0.2) is 11.1 Å². The number of rotatable bonds is 6. The van der Waals surface area contributed by atoms with E-state index in [0.29, 0.717) is 23.3 Å². The highest BCUT2D eigenvalue weighted by molar-refractivity contribution is 14.1. The minimum atomic E-state index is -0.400. The molecule has 5 nitrogen and oxygen atoms in total. The molecule has 0 N–H and O–H groups in total. The van der Waals surface area contributed by atoms with Crippen molar-refractivity contribution in [3.63, 3.8) is 0 Å². The maximum Gasteiger partial charge on any atom is 0.267 e. The highest BCUT2D eigenvalue weighted by atomic mass is 127. The number of aryl methyl sites for hydroxylation is 1. The van der Waals surface area contributed by atoms with Crippen LogP contribution in [-0.2, 0) is 16.0 Å². The van der Waals surface area contributed by atoms with Gasteiger partial charge >= 0.3 is 0 Å². The van der Waals surface area contributed by atoms with Gasteiger partial charge in [-0.25, -0.2) is 4.98 Å². The summed E-state index contributed by atoms with van der Waals surface area (Å²) in [6.07, 6.45) is 1.13. The van der Waals surface area contributed by atoms with Gasteiger partial charge in [0.15, 0.2) is 6.29 Å². The minimum Gasteiger partial charge on any atom is -0.351 e. The molecule has 0 aliphatic heterocycles. The molecule has 0 spiro atoms. The van der Waals surface area contributed by atoms with Gasteiger partial charge in [-0.3, -0.25) is 9.36 Å². The molecule has 0 aliphatic carbocycles. The molecular weight excluding hydrogens is 335 g/mol. The predicted molar refractivity (Wildman–Crippen MR) is 73.0 cm³/mol. The molecule has 1 rings (SSSR count). The first kappa shape index (κ1) is 14.6. The molecule has 1 aromatic heterocycles. The summed E-state index contributed by atoms with van der Waals surface area (Å²) in [5.41, 5.74) is 0.693. The Bertz CT molecular complexity index is 414. The lowest BCUT2D eigenvalue weighted by molar-refractivity contribution is -0.144. The third-order valence-corrected chi connectivity index (χ3v) is 3.45. The van der Waals surface area contributed by atoms with Gasteiger partial charge in [-0.2, -0.15) is 0 Å². The Morgan fingerprint density at radius 2 is 2.00 bits per heavy atom. The van der Waals surface area contributed by atoms with Crippen molar-refractivity contribution in [1.29, 1.82) is 0 Å². The quantitative estimate of drug-likeness (QED) is 0.576. The molecule has 0 fully saturated rings. The maximum absolute atomic E-state index is 11.9. The number of halogens is 1. The van der Waals surface area contributed by atoms with Gasteiger partial charge in [0.1, 0.15) is 0 Å². The van der Waals surface area contributed by atoms with Crippen molar-refractivity contribution in [3.05, 3.63) is 25.9 Å². The fourth-order valence-electron chi connectivity index (χ4n) is 1.36. The highest BCUT2D eigenvalue weighted by Gasteiger charge is 2.12. The van der Waals surface area contributed by atoms with Gasteiger partial charge in [-0.05, 0) is 43.4 Å². The molecule has 0 aromatic carbocycles. The van der Waals surface area contributed by atoms with E-state index in [9.17, 15) is 4.79 Å². The van der Waals surface area contributed by atoms with Gasteiger partial charge in [0.05, 0.1) is 22.1 Å². The summed E-state index contributed by atoms with van der Waals surface area (Å²) in [5.74, 6) is 0. The van der Waals surface area contributed by atoms with Crippen molar-refractivity contribution >= 4 is 22.6 Å². The van der Waals surface area contributed by atoms with E-state index in [1.54, 1.807) is 0 Å². The number of hydrogen-bond acceptors (Lipinski definition) is 4. The van der Waals surface area contributed by atoms with Gasteiger partial charge in [0.2, 0.25) is 0 Å². The van der Waals surface area contributed by atoms with Crippen LogP contribution in [0, 0.1) is 10.5 Å². The first-order valence-corrected chi connectivity index (χ1v) is 6.62. The highest BCUT2D eigenvalue weighted by Crippen LogP contribution is 2.03.